The van der Waals surface area contributed by atoms with Gasteiger partial charge >= 0.3 is 0 Å². The van der Waals surface area contributed by atoms with E-state index in [1.165, 1.54) is 0 Å². The highest BCUT2D eigenvalue weighted by Crippen LogP contribution is 2.96. The molecular formula is C35H7BBr9F20OP. The zero-order valence-corrected chi connectivity index (χ0v) is 45.7. The molecule has 0 atom stereocenters. The van der Waals surface area contributed by atoms with Gasteiger partial charge in [0.15, 0.2) is 75.6 Å². The number of benzene rings is 5. The predicted octanol–water partition coefficient (Wildman–Crippen LogP) is 15.1. The van der Waals surface area contributed by atoms with E-state index in [2.05, 4.69) is 143 Å². The largest absolute Gasteiger partial charge is 0.290 e. The fourth-order valence-corrected chi connectivity index (χ4v) is 45.5. The molecule has 1 nitrogen and oxygen atoms in total. The summed E-state index contributed by atoms with van der Waals surface area (Å²) in [6.07, 6.45) is -6.95. The molecule has 0 aliphatic heterocycles. The van der Waals surface area contributed by atoms with Gasteiger partial charge in [0.25, 0.3) is 0 Å². The van der Waals surface area contributed by atoms with Crippen LogP contribution in [0.15, 0.2) is 30.3 Å². The molecule has 0 saturated heterocycles. The molecule has 364 valence electrons. The van der Waals surface area contributed by atoms with Crippen LogP contribution in [-0.4, -0.2) is 23.7 Å². The van der Waals surface area contributed by atoms with Gasteiger partial charge in [-0.2, -0.15) is 0 Å². The summed E-state index contributed by atoms with van der Waals surface area (Å²) < 4.78 is 292. The number of carbonyl (C=O) groups excluding carboxylic acids is 1. The summed E-state index contributed by atoms with van der Waals surface area (Å²) in [4.78, 5) is 12.8. The lowest BCUT2D eigenvalue weighted by Crippen LogP contribution is -2.81. The SMILES string of the molecule is Fc1c(F)c(F)c([B-](c2c(F)c(F)c(F)c(F)c2F)(c2c(F)c(F)c(F)c(F)c2F)c2c(F)c(F)c(F)c(F)c2F)c(F)c1F.O=C(C[P+](C(Br)(Br)Br)(C(Br)(Br)Br)C(Br)(Br)Br)c1ccccc1. The standard InChI is InChI=1S/C24BF20.C11H7Br9OP/c26-5-1(6(27)14(35)21(42)13(5)34)25(2-7(28)15(36)22(43)16(37)8(2)29,3-9(30)17(38)23(44)18(39)10(3)31)4-11(32)19(40)24(45)20(41)12(4)33;12-9(13,14)22(10(15,16)17,11(18,19)20)6-8(21)7-4-2-1-3-5-7/h;1-5H,6H2/q-1;+1. The minimum atomic E-state index is -7.22. The number of hydrogen-bond acceptors (Lipinski definition) is 1. The Morgan fingerprint density at radius 1 is 0.343 bits per heavy atom. The van der Waals surface area contributed by atoms with Crippen molar-refractivity contribution >= 4 is 184 Å². The minimum absolute atomic E-state index is 0.0297. The average Bonchev–Trinajstić information content (AvgIpc) is 3.24. The van der Waals surface area contributed by atoms with Gasteiger partial charge in [-0.3, -0.25) is 4.79 Å². The predicted molar refractivity (Wildman–Crippen MR) is 240 cm³/mol. The van der Waals surface area contributed by atoms with Gasteiger partial charge in [-0.1, -0.05) is 30.3 Å². The minimum Gasteiger partial charge on any atom is -0.290 e. The maximum atomic E-state index is 15.4. The van der Waals surface area contributed by atoms with E-state index in [4.69, 9.17) is 0 Å². The zero-order valence-electron chi connectivity index (χ0n) is 30.5. The second-order valence-electron chi connectivity index (χ2n) is 13.0. The Bertz CT molecular complexity index is 2410. The number of hydrogen-bond donors (Lipinski definition) is 0. The summed E-state index contributed by atoms with van der Waals surface area (Å²) in [5.74, 6) is -71.4. The third kappa shape index (κ3) is 9.77. The number of Topliss-reactive ketones (excluding diaryl/α,β-unsaturated/α-hetero) is 1. The Morgan fingerprint density at radius 2 is 0.522 bits per heavy atom. The van der Waals surface area contributed by atoms with E-state index in [1.807, 2.05) is 30.3 Å². The third-order valence-electron chi connectivity index (χ3n) is 9.48. The van der Waals surface area contributed by atoms with Crippen LogP contribution < -0.4 is 21.9 Å². The van der Waals surface area contributed by atoms with Crippen molar-refractivity contribution in [2.24, 2.45) is 0 Å². The zero-order chi connectivity index (χ0) is 51.8. The average molecular weight is 1580 g/mol. The van der Waals surface area contributed by atoms with Crippen LogP contribution in [0, 0.1) is 116 Å². The van der Waals surface area contributed by atoms with Crippen LogP contribution in [0.4, 0.5) is 87.8 Å². The van der Waals surface area contributed by atoms with Crippen LogP contribution in [0.3, 0.4) is 0 Å². The highest BCUT2D eigenvalue weighted by atomic mass is 80.0. The first kappa shape index (κ1) is 58.8. The van der Waals surface area contributed by atoms with Gasteiger partial charge < -0.3 is 0 Å². The van der Waals surface area contributed by atoms with E-state index in [0.717, 1.165) is 0 Å². The van der Waals surface area contributed by atoms with Gasteiger partial charge in [-0.15, -0.1) is 21.9 Å². The first-order chi connectivity index (χ1) is 30.4. The van der Waals surface area contributed by atoms with Gasteiger partial charge in [-0.25, -0.2) is 87.8 Å². The molecule has 0 fully saturated rings. The fraction of sp³-hybridized carbons (Fsp3) is 0.114. The Balaban J connectivity index is 0.000000374. The monoisotopic (exact) mass is 1580 g/mol. The van der Waals surface area contributed by atoms with E-state index in [9.17, 15) is 57.5 Å². The molecule has 0 aliphatic rings. The molecule has 67 heavy (non-hydrogen) atoms. The molecule has 0 heterocycles. The lowest BCUT2D eigenvalue weighted by atomic mass is 9.12. The van der Waals surface area contributed by atoms with E-state index in [-0.39, 0.29) is 11.9 Å². The van der Waals surface area contributed by atoms with Crippen LogP contribution in [0.25, 0.3) is 0 Å². The summed E-state index contributed by atoms with van der Waals surface area (Å²) >= 11 is 32.6. The van der Waals surface area contributed by atoms with Crippen molar-refractivity contribution in [1.29, 1.82) is 0 Å². The first-order valence-corrected chi connectivity index (χ1v) is 25.5. The fourth-order valence-electron chi connectivity index (χ4n) is 6.51. The van der Waals surface area contributed by atoms with Crippen molar-refractivity contribution in [1.82, 2.24) is 0 Å². The van der Waals surface area contributed by atoms with Crippen LogP contribution in [-0.2, 0) is 0 Å². The van der Waals surface area contributed by atoms with Crippen molar-refractivity contribution < 1.29 is 92.6 Å². The van der Waals surface area contributed by atoms with E-state index in [0.29, 0.717) is 5.56 Å². The highest BCUT2D eigenvalue weighted by Gasteiger charge is 2.75. The molecule has 0 unspecified atom stereocenters. The van der Waals surface area contributed by atoms with Crippen LogP contribution in [0.1, 0.15) is 10.4 Å². The Kier molecular flexibility index (Phi) is 18.4. The molecule has 32 heteroatoms. The maximum Gasteiger partial charge on any atom is 0.245 e. The molecule has 0 N–H and O–H groups in total. The lowest BCUT2D eigenvalue weighted by Gasteiger charge is -2.44. The first-order valence-electron chi connectivity index (χ1n) is 16.3. The van der Waals surface area contributed by atoms with E-state index >= 15 is 35.1 Å². The molecule has 0 bridgehead atoms. The van der Waals surface area contributed by atoms with Gasteiger partial charge in [0.2, 0.25) is 5.65 Å². The Morgan fingerprint density at radius 3 is 0.701 bits per heavy atom. The summed E-state index contributed by atoms with van der Waals surface area (Å²) in [5.41, 5.74) is -13.7. The summed E-state index contributed by atoms with van der Waals surface area (Å²) in [6, 6.07) is 9.21. The highest BCUT2D eigenvalue weighted by molar-refractivity contribution is 9.48. The molecule has 5 rings (SSSR count). The summed E-state index contributed by atoms with van der Waals surface area (Å²) in [7, 11) is -2.37. The van der Waals surface area contributed by atoms with Gasteiger partial charge in [-0.05, 0) is 143 Å². The molecular weight excluding hydrogens is 1580 g/mol. The second kappa shape index (κ2) is 21.0. The van der Waals surface area contributed by atoms with Crippen LogP contribution in [0.2, 0.25) is 0 Å². The van der Waals surface area contributed by atoms with Crippen molar-refractivity contribution in [3.05, 3.63) is 152 Å². The molecule has 0 aromatic heterocycles. The van der Waals surface area contributed by atoms with Crippen LogP contribution in [0.5, 0.6) is 0 Å². The number of rotatable bonds is 7. The van der Waals surface area contributed by atoms with Crippen molar-refractivity contribution in [3.63, 3.8) is 0 Å². The molecule has 0 radical (unpaired) electrons. The smallest absolute Gasteiger partial charge is 0.245 e. The third-order valence-corrected chi connectivity index (χ3v) is 29.2. The van der Waals surface area contributed by atoms with Crippen molar-refractivity contribution in [2.45, 2.75) is 5.65 Å². The van der Waals surface area contributed by atoms with Gasteiger partial charge in [0.1, 0.15) is 66.1 Å². The Labute approximate surface area is 437 Å². The maximum absolute atomic E-state index is 15.4. The summed E-state index contributed by atoms with van der Waals surface area (Å²) in [6.45, 7) is 0. The number of ketones is 1. The molecule has 5 aromatic carbocycles. The van der Waals surface area contributed by atoms with E-state index < -0.39 is 157 Å². The molecule has 5 aromatic rings. The number of carbonyl (C=O) groups is 1. The van der Waals surface area contributed by atoms with Gasteiger partial charge in [0.05, 0.1) is 0 Å². The van der Waals surface area contributed by atoms with E-state index in [1.54, 1.807) is 0 Å². The Hall–Kier alpha value is -0.815. The van der Waals surface area contributed by atoms with Gasteiger partial charge in [0, 0.05) is 5.56 Å². The molecule has 0 aliphatic carbocycles. The summed E-state index contributed by atoms with van der Waals surface area (Å²) in [5, 5.41) is 0. The lowest BCUT2D eigenvalue weighted by molar-refractivity contribution is 0.102. The van der Waals surface area contributed by atoms with Crippen molar-refractivity contribution in [3.8, 4) is 0 Å². The normalized spacial score (nSPS) is 12.7. The van der Waals surface area contributed by atoms with Crippen LogP contribution >= 0.6 is 151 Å². The second-order valence-corrected chi connectivity index (χ2v) is 42.7. The van der Waals surface area contributed by atoms with Crippen molar-refractivity contribution in [2.75, 3.05) is 6.16 Å². The molecule has 0 saturated carbocycles. The quantitative estimate of drug-likeness (QED) is 0.0302. The topological polar surface area (TPSA) is 17.1 Å². The number of halogens is 29. The number of alkyl halides is 9. The molecule has 0 spiro atoms. The molecule has 0 amide bonds.